The summed E-state index contributed by atoms with van der Waals surface area (Å²) < 4.78 is 0. The van der Waals surface area contributed by atoms with Crippen molar-refractivity contribution in [3.8, 4) is 0 Å². The van der Waals surface area contributed by atoms with Crippen molar-refractivity contribution in [3.63, 3.8) is 0 Å². The van der Waals surface area contributed by atoms with E-state index in [0.717, 1.165) is 40.9 Å². The van der Waals surface area contributed by atoms with Crippen molar-refractivity contribution in [2.24, 2.45) is 11.8 Å². The molecule has 2 atom stereocenters. The summed E-state index contributed by atoms with van der Waals surface area (Å²) in [6.45, 7) is 6.13. The predicted octanol–water partition coefficient (Wildman–Crippen LogP) is 4.33. The van der Waals surface area contributed by atoms with Crippen molar-refractivity contribution in [1.82, 2.24) is 0 Å². The fraction of sp³-hybridized carbons (Fsp3) is 0.364. The molecule has 0 aromatic heterocycles. The van der Waals surface area contributed by atoms with Gasteiger partial charge in [0.25, 0.3) is 0 Å². The number of carbonyl (C=O) groups is 2. The van der Waals surface area contributed by atoms with Crippen LogP contribution in [0, 0.1) is 18.8 Å². The first kappa shape index (κ1) is 18.2. The Kier molecular flexibility index (Phi) is 5.40. The van der Waals surface area contributed by atoms with E-state index in [9.17, 15) is 9.59 Å². The minimum atomic E-state index is -0.242. The van der Waals surface area contributed by atoms with Gasteiger partial charge in [-0.3, -0.25) is 9.59 Å². The van der Waals surface area contributed by atoms with Gasteiger partial charge in [-0.1, -0.05) is 50.2 Å². The van der Waals surface area contributed by atoms with Gasteiger partial charge >= 0.3 is 0 Å². The van der Waals surface area contributed by atoms with E-state index < -0.39 is 0 Å². The molecule has 2 amide bonds. The average molecular weight is 350 g/mol. The van der Waals surface area contributed by atoms with Gasteiger partial charge in [0.05, 0.1) is 11.8 Å². The van der Waals surface area contributed by atoms with Gasteiger partial charge in [0.2, 0.25) is 11.8 Å². The van der Waals surface area contributed by atoms with Crippen LogP contribution in [0.3, 0.4) is 0 Å². The summed E-state index contributed by atoms with van der Waals surface area (Å²) in [5.41, 5.74) is 5.03. The van der Waals surface area contributed by atoms with Crippen molar-refractivity contribution in [1.29, 1.82) is 0 Å². The second kappa shape index (κ2) is 7.73. The molecule has 2 unspecified atom stereocenters. The number of aryl methyl sites for hydroxylation is 3. The molecule has 0 heterocycles. The van der Waals surface area contributed by atoms with Gasteiger partial charge in [-0.05, 0) is 48.9 Å². The van der Waals surface area contributed by atoms with Gasteiger partial charge in [0.15, 0.2) is 0 Å². The normalized spacial score (nSPS) is 18.3. The molecule has 26 heavy (non-hydrogen) atoms. The van der Waals surface area contributed by atoms with E-state index in [4.69, 9.17) is 0 Å². The summed E-state index contributed by atoms with van der Waals surface area (Å²) in [4.78, 5) is 25.1. The number of carbonyl (C=O) groups excluding carboxylic acids is 2. The first-order valence-corrected chi connectivity index (χ1v) is 9.33. The molecule has 4 heteroatoms. The predicted molar refractivity (Wildman–Crippen MR) is 105 cm³/mol. The van der Waals surface area contributed by atoms with Crippen LogP contribution in [0.15, 0.2) is 42.5 Å². The second-order valence-electron chi connectivity index (χ2n) is 6.90. The van der Waals surface area contributed by atoms with E-state index >= 15 is 0 Å². The number of benzene rings is 2. The van der Waals surface area contributed by atoms with Crippen LogP contribution < -0.4 is 10.6 Å². The smallest absolute Gasteiger partial charge is 0.228 e. The molecule has 2 aromatic carbocycles. The van der Waals surface area contributed by atoms with Crippen molar-refractivity contribution in [3.05, 3.63) is 59.2 Å². The molecule has 0 radical (unpaired) electrons. The Hall–Kier alpha value is -2.62. The Bertz CT molecular complexity index is 806. The highest BCUT2D eigenvalue weighted by Crippen LogP contribution is 2.41. The van der Waals surface area contributed by atoms with Crippen molar-refractivity contribution in [2.75, 3.05) is 10.6 Å². The maximum absolute atomic E-state index is 12.7. The van der Waals surface area contributed by atoms with Gasteiger partial charge in [0, 0.05) is 11.4 Å². The highest BCUT2D eigenvalue weighted by molar-refractivity contribution is 6.04. The summed E-state index contributed by atoms with van der Waals surface area (Å²) >= 11 is 0. The number of nitrogens with one attached hydrogen (secondary N) is 2. The number of rotatable bonds is 6. The fourth-order valence-electron chi connectivity index (χ4n) is 3.33. The molecule has 4 nitrogen and oxygen atoms in total. The Morgan fingerprint density at radius 3 is 2.04 bits per heavy atom. The fourth-order valence-corrected chi connectivity index (χ4v) is 3.33. The molecule has 1 aliphatic carbocycles. The van der Waals surface area contributed by atoms with E-state index in [0.29, 0.717) is 6.42 Å². The monoisotopic (exact) mass is 350 g/mol. The largest absolute Gasteiger partial charge is 0.326 e. The number of anilines is 2. The molecule has 1 aliphatic rings. The van der Waals surface area contributed by atoms with E-state index in [1.165, 1.54) is 0 Å². The van der Waals surface area contributed by atoms with Crippen LogP contribution in [-0.4, -0.2) is 11.8 Å². The average Bonchev–Trinajstić information content (AvgIpc) is 3.45. The van der Waals surface area contributed by atoms with E-state index in [1.807, 2.05) is 49.4 Å². The molecule has 2 aromatic rings. The lowest BCUT2D eigenvalue weighted by Crippen LogP contribution is -2.21. The summed E-state index contributed by atoms with van der Waals surface area (Å²) in [6.07, 6.45) is 2.34. The molecular formula is C22H26N2O2. The second-order valence-corrected chi connectivity index (χ2v) is 6.90. The first-order valence-electron chi connectivity index (χ1n) is 9.33. The van der Waals surface area contributed by atoms with Crippen molar-refractivity contribution in [2.45, 2.75) is 40.0 Å². The summed E-state index contributed by atoms with van der Waals surface area (Å²) in [7, 11) is 0. The molecule has 0 spiro atoms. The first-order chi connectivity index (χ1) is 12.5. The highest BCUT2D eigenvalue weighted by atomic mass is 16.2. The Morgan fingerprint density at radius 1 is 0.885 bits per heavy atom. The maximum Gasteiger partial charge on any atom is 0.228 e. The quantitative estimate of drug-likeness (QED) is 0.814. The van der Waals surface area contributed by atoms with Gasteiger partial charge in [0.1, 0.15) is 0 Å². The van der Waals surface area contributed by atoms with Crippen LogP contribution in [0.2, 0.25) is 0 Å². The highest BCUT2D eigenvalue weighted by Gasteiger charge is 2.48. The summed E-state index contributed by atoms with van der Waals surface area (Å²) in [5.74, 6) is -0.605. The van der Waals surface area contributed by atoms with Crippen LogP contribution >= 0.6 is 0 Å². The lowest BCUT2D eigenvalue weighted by Gasteiger charge is -2.14. The van der Waals surface area contributed by atoms with Crippen LogP contribution in [0.1, 0.15) is 37.0 Å². The third kappa shape index (κ3) is 3.79. The lowest BCUT2D eigenvalue weighted by molar-refractivity contribution is -0.122. The molecule has 0 saturated heterocycles. The maximum atomic E-state index is 12.7. The van der Waals surface area contributed by atoms with Gasteiger partial charge in [-0.25, -0.2) is 0 Å². The minimum Gasteiger partial charge on any atom is -0.326 e. The molecule has 2 N–H and O–H groups in total. The van der Waals surface area contributed by atoms with Gasteiger partial charge < -0.3 is 10.6 Å². The van der Waals surface area contributed by atoms with E-state index in [-0.39, 0.29) is 23.7 Å². The van der Waals surface area contributed by atoms with Crippen LogP contribution in [-0.2, 0) is 22.4 Å². The van der Waals surface area contributed by atoms with Gasteiger partial charge in [-0.15, -0.1) is 0 Å². The molecule has 1 fully saturated rings. The summed E-state index contributed by atoms with van der Waals surface area (Å²) in [6, 6.07) is 13.8. The number of para-hydroxylation sites is 2. The number of hydrogen-bond acceptors (Lipinski definition) is 2. The van der Waals surface area contributed by atoms with Crippen molar-refractivity contribution >= 4 is 23.2 Å². The molecule has 3 rings (SSSR count). The molecule has 136 valence electrons. The standard InChI is InChI=1S/C22H26N2O2/c1-4-15-10-8-11-16(5-2)20(15)24-22(26)18-13-17(18)21(25)23-19-12-7-6-9-14(19)3/h6-12,17-18H,4-5,13H2,1-3H3,(H,23,25)(H,24,26). The Balaban J connectivity index is 1.65. The minimum absolute atomic E-state index is 0.0504. The van der Waals surface area contributed by atoms with Gasteiger partial charge in [-0.2, -0.15) is 0 Å². The zero-order valence-corrected chi connectivity index (χ0v) is 15.6. The Morgan fingerprint density at radius 2 is 1.46 bits per heavy atom. The summed E-state index contributed by atoms with van der Waals surface area (Å²) in [5, 5.41) is 6.03. The Labute approximate surface area is 155 Å². The number of amides is 2. The van der Waals surface area contributed by atoms with E-state index in [1.54, 1.807) is 0 Å². The zero-order chi connectivity index (χ0) is 18.7. The van der Waals surface area contributed by atoms with Crippen LogP contribution in [0.5, 0.6) is 0 Å². The molecular weight excluding hydrogens is 324 g/mol. The van der Waals surface area contributed by atoms with Crippen LogP contribution in [0.25, 0.3) is 0 Å². The third-order valence-corrected chi connectivity index (χ3v) is 5.11. The lowest BCUT2D eigenvalue weighted by atomic mass is 10.0. The zero-order valence-electron chi connectivity index (χ0n) is 15.6. The SMILES string of the molecule is CCc1cccc(CC)c1NC(=O)C1CC1C(=O)Nc1ccccc1C. The van der Waals surface area contributed by atoms with Crippen LogP contribution in [0.4, 0.5) is 11.4 Å². The molecule has 1 saturated carbocycles. The molecule has 0 aliphatic heterocycles. The number of hydrogen-bond donors (Lipinski definition) is 2. The topological polar surface area (TPSA) is 58.2 Å². The third-order valence-electron chi connectivity index (χ3n) is 5.11. The van der Waals surface area contributed by atoms with E-state index in [2.05, 4.69) is 24.5 Å². The van der Waals surface area contributed by atoms with Crippen molar-refractivity contribution < 1.29 is 9.59 Å². The molecule has 0 bridgehead atoms.